The number of hydrogen-bond acceptors (Lipinski definition) is 2. The van der Waals surface area contributed by atoms with E-state index in [0.29, 0.717) is 13.0 Å². The van der Waals surface area contributed by atoms with E-state index < -0.39 is 6.09 Å². The Morgan fingerprint density at radius 3 is 2.44 bits per heavy atom. The first kappa shape index (κ1) is 21.7. The highest BCUT2D eigenvalue weighted by Gasteiger charge is 2.27. The molecule has 4 rings (SSSR count). The van der Waals surface area contributed by atoms with Gasteiger partial charge in [-0.2, -0.15) is 0 Å². The average molecular weight is 431 g/mol. The molecule has 0 aliphatic rings. The van der Waals surface area contributed by atoms with Crippen molar-refractivity contribution in [2.45, 2.75) is 46.5 Å². The van der Waals surface area contributed by atoms with Crippen molar-refractivity contribution in [2.75, 3.05) is 6.54 Å². The molecular formula is C26H30N4O2. The average Bonchev–Trinajstić information content (AvgIpc) is 3.31. The standard InChI is InChI=1S/C26H30N4O2/c1-15-10-16(2)12-18(11-15)23-20(8-9-27-25(31)32)21-13-19(6-7-22(21)30-23)26(4,5)24-28-14-17(3)29-24/h6-7,10-14,27,30H,8-9H2,1-5H3,(H,28,29)(H,31,32). The highest BCUT2D eigenvalue weighted by Crippen LogP contribution is 2.36. The van der Waals surface area contributed by atoms with Gasteiger partial charge in [0.15, 0.2) is 0 Å². The number of imidazole rings is 1. The number of aromatic nitrogens is 3. The van der Waals surface area contributed by atoms with Crippen molar-refractivity contribution in [1.29, 1.82) is 0 Å². The van der Waals surface area contributed by atoms with E-state index in [0.717, 1.165) is 44.8 Å². The molecule has 2 heterocycles. The first-order chi connectivity index (χ1) is 15.1. The zero-order chi connectivity index (χ0) is 23.0. The number of H-pyrrole nitrogens is 2. The van der Waals surface area contributed by atoms with Crippen LogP contribution in [0.5, 0.6) is 0 Å². The van der Waals surface area contributed by atoms with Gasteiger partial charge in [-0.15, -0.1) is 0 Å². The van der Waals surface area contributed by atoms with Crippen LogP contribution in [0.4, 0.5) is 4.79 Å². The second-order valence-electron chi connectivity index (χ2n) is 9.11. The number of aryl methyl sites for hydroxylation is 3. The highest BCUT2D eigenvalue weighted by molar-refractivity contribution is 5.91. The molecule has 6 heteroatoms. The molecule has 2 aromatic carbocycles. The third kappa shape index (κ3) is 4.13. The third-order valence-corrected chi connectivity index (χ3v) is 6.09. The Morgan fingerprint density at radius 1 is 1.09 bits per heavy atom. The minimum Gasteiger partial charge on any atom is -0.465 e. The number of carbonyl (C=O) groups is 1. The molecule has 0 saturated carbocycles. The van der Waals surface area contributed by atoms with Crippen molar-refractivity contribution in [3.8, 4) is 11.3 Å². The number of carboxylic acid groups (broad SMARTS) is 1. The predicted octanol–water partition coefficient (Wildman–Crippen LogP) is 5.62. The fraction of sp³-hybridized carbons (Fsp3) is 0.308. The number of rotatable bonds is 6. The maximum absolute atomic E-state index is 11.1. The van der Waals surface area contributed by atoms with E-state index in [1.807, 2.05) is 13.1 Å². The Balaban J connectivity index is 1.86. The first-order valence-corrected chi connectivity index (χ1v) is 10.9. The van der Waals surface area contributed by atoms with Gasteiger partial charge in [-0.1, -0.05) is 23.3 Å². The number of nitrogens with one attached hydrogen (secondary N) is 3. The van der Waals surface area contributed by atoms with Crippen LogP contribution in [0.25, 0.3) is 22.2 Å². The summed E-state index contributed by atoms with van der Waals surface area (Å²) >= 11 is 0. The molecule has 32 heavy (non-hydrogen) atoms. The van der Waals surface area contributed by atoms with E-state index in [9.17, 15) is 4.79 Å². The van der Waals surface area contributed by atoms with Gasteiger partial charge in [0.1, 0.15) is 5.82 Å². The molecular weight excluding hydrogens is 400 g/mol. The summed E-state index contributed by atoms with van der Waals surface area (Å²) in [6, 6.07) is 13.0. The van der Waals surface area contributed by atoms with Gasteiger partial charge in [-0.25, -0.2) is 9.78 Å². The van der Waals surface area contributed by atoms with E-state index >= 15 is 0 Å². The normalized spacial score (nSPS) is 11.8. The van der Waals surface area contributed by atoms with Gasteiger partial charge in [-0.3, -0.25) is 0 Å². The molecule has 0 aliphatic carbocycles. The molecule has 0 fully saturated rings. The Morgan fingerprint density at radius 2 is 1.81 bits per heavy atom. The van der Waals surface area contributed by atoms with E-state index in [4.69, 9.17) is 5.11 Å². The van der Waals surface area contributed by atoms with Crippen molar-refractivity contribution in [2.24, 2.45) is 0 Å². The number of fused-ring (bicyclic) bond motifs is 1. The molecule has 4 N–H and O–H groups in total. The lowest BCUT2D eigenvalue weighted by molar-refractivity contribution is 0.194. The summed E-state index contributed by atoms with van der Waals surface area (Å²) in [5, 5.41) is 12.7. The molecule has 0 radical (unpaired) electrons. The molecule has 0 aliphatic heterocycles. The fourth-order valence-electron chi connectivity index (χ4n) is 4.43. The van der Waals surface area contributed by atoms with Crippen LogP contribution in [0.2, 0.25) is 0 Å². The van der Waals surface area contributed by atoms with Gasteiger partial charge in [0, 0.05) is 34.8 Å². The smallest absolute Gasteiger partial charge is 0.404 e. The van der Waals surface area contributed by atoms with Crippen LogP contribution in [0.15, 0.2) is 42.6 Å². The van der Waals surface area contributed by atoms with Gasteiger partial charge < -0.3 is 20.4 Å². The molecule has 4 aromatic rings. The summed E-state index contributed by atoms with van der Waals surface area (Å²) in [5.74, 6) is 0.925. The lowest BCUT2D eigenvalue weighted by atomic mass is 9.83. The molecule has 6 nitrogen and oxygen atoms in total. The van der Waals surface area contributed by atoms with Crippen molar-refractivity contribution in [1.82, 2.24) is 20.3 Å². The topological polar surface area (TPSA) is 93.8 Å². The molecule has 2 aromatic heterocycles. The third-order valence-electron chi connectivity index (χ3n) is 6.09. The number of amides is 1. The number of benzene rings is 2. The number of hydrogen-bond donors (Lipinski definition) is 4. The number of aromatic amines is 2. The second kappa shape index (κ2) is 8.19. The molecule has 0 bridgehead atoms. The maximum atomic E-state index is 11.1. The SMILES string of the molecule is Cc1cc(C)cc(-c2[nH]c3ccc(C(C)(C)c4nc(C)c[nH]4)cc3c2CCNC(=O)O)c1. The van der Waals surface area contributed by atoms with Crippen LogP contribution in [0.3, 0.4) is 0 Å². The van der Waals surface area contributed by atoms with Crippen molar-refractivity contribution < 1.29 is 9.90 Å². The van der Waals surface area contributed by atoms with Crippen LogP contribution in [0, 0.1) is 20.8 Å². The molecule has 1 amide bonds. The van der Waals surface area contributed by atoms with Crippen LogP contribution < -0.4 is 5.32 Å². The van der Waals surface area contributed by atoms with Gasteiger partial charge in [0.05, 0.1) is 5.69 Å². The minimum absolute atomic E-state index is 0.295. The molecule has 166 valence electrons. The van der Waals surface area contributed by atoms with Gasteiger partial charge >= 0.3 is 6.09 Å². The van der Waals surface area contributed by atoms with E-state index in [1.165, 1.54) is 11.1 Å². The van der Waals surface area contributed by atoms with Crippen LogP contribution >= 0.6 is 0 Å². The van der Waals surface area contributed by atoms with Crippen LogP contribution in [-0.2, 0) is 11.8 Å². The number of nitrogens with zero attached hydrogens (tertiary/aromatic N) is 1. The van der Waals surface area contributed by atoms with Gasteiger partial charge in [-0.05, 0) is 82.0 Å². The predicted molar refractivity (Wildman–Crippen MR) is 128 cm³/mol. The van der Waals surface area contributed by atoms with E-state index in [1.54, 1.807) is 0 Å². The van der Waals surface area contributed by atoms with Crippen LogP contribution in [0.1, 0.15) is 47.6 Å². The largest absolute Gasteiger partial charge is 0.465 e. The monoisotopic (exact) mass is 430 g/mol. The van der Waals surface area contributed by atoms with Gasteiger partial charge in [0.25, 0.3) is 0 Å². The summed E-state index contributed by atoms with van der Waals surface area (Å²) in [5.41, 5.74) is 8.54. The summed E-state index contributed by atoms with van der Waals surface area (Å²) in [6.45, 7) is 10.8. The quantitative estimate of drug-likeness (QED) is 0.320. The Hall–Kier alpha value is -3.54. The second-order valence-corrected chi connectivity index (χ2v) is 9.11. The van der Waals surface area contributed by atoms with E-state index in [-0.39, 0.29) is 5.41 Å². The zero-order valence-electron chi connectivity index (χ0n) is 19.3. The van der Waals surface area contributed by atoms with Crippen LogP contribution in [-0.4, -0.2) is 32.7 Å². The van der Waals surface area contributed by atoms with Gasteiger partial charge in [0.2, 0.25) is 0 Å². The highest BCUT2D eigenvalue weighted by atomic mass is 16.4. The molecule has 0 unspecified atom stereocenters. The Labute approximate surface area is 188 Å². The summed E-state index contributed by atoms with van der Waals surface area (Å²) in [4.78, 5) is 22.6. The lowest BCUT2D eigenvalue weighted by Crippen LogP contribution is -2.23. The fourth-order valence-corrected chi connectivity index (χ4v) is 4.43. The van der Waals surface area contributed by atoms with E-state index in [2.05, 4.69) is 84.4 Å². The zero-order valence-corrected chi connectivity index (χ0v) is 19.3. The van der Waals surface area contributed by atoms with Crippen molar-refractivity contribution in [3.63, 3.8) is 0 Å². The lowest BCUT2D eigenvalue weighted by Gasteiger charge is -2.23. The Bertz CT molecular complexity index is 1280. The molecule has 0 atom stereocenters. The molecule has 0 spiro atoms. The summed E-state index contributed by atoms with van der Waals surface area (Å²) in [7, 11) is 0. The summed E-state index contributed by atoms with van der Waals surface area (Å²) < 4.78 is 0. The van der Waals surface area contributed by atoms with Crippen molar-refractivity contribution in [3.05, 3.63) is 76.4 Å². The maximum Gasteiger partial charge on any atom is 0.404 e. The Kier molecular flexibility index (Phi) is 5.55. The van der Waals surface area contributed by atoms with Crippen molar-refractivity contribution >= 4 is 17.0 Å². The summed E-state index contributed by atoms with van der Waals surface area (Å²) in [6.07, 6.45) is 1.51. The first-order valence-electron chi connectivity index (χ1n) is 10.9. The minimum atomic E-state index is -1.01. The molecule has 0 saturated heterocycles.